The molecule has 2 rings (SSSR count). The van der Waals surface area contributed by atoms with Crippen molar-refractivity contribution in [3.8, 4) is 17.3 Å². The first kappa shape index (κ1) is 9.77. The van der Waals surface area contributed by atoms with Crippen molar-refractivity contribution in [1.29, 1.82) is 0 Å². The standard InChI is InChI=1S/C12H14N2O/c1-8-4-5-10(9(2)6-8)11-7-13-12(14-11)15-3/h4-7H,1-3H3,(H,13,14). The van der Waals surface area contributed by atoms with Gasteiger partial charge in [-0.3, -0.25) is 0 Å². The fourth-order valence-electron chi connectivity index (χ4n) is 1.66. The molecule has 3 heteroatoms. The highest BCUT2D eigenvalue weighted by Crippen LogP contribution is 2.23. The highest BCUT2D eigenvalue weighted by Gasteiger charge is 2.05. The number of hydrogen-bond acceptors (Lipinski definition) is 2. The number of aromatic amines is 1. The Balaban J connectivity index is 2.44. The summed E-state index contributed by atoms with van der Waals surface area (Å²) in [6.45, 7) is 4.18. The molecule has 0 saturated heterocycles. The van der Waals surface area contributed by atoms with Crippen molar-refractivity contribution in [2.75, 3.05) is 7.11 Å². The third kappa shape index (κ3) is 1.86. The molecule has 1 N–H and O–H groups in total. The zero-order chi connectivity index (χ0) is 10.8. The summed E-state index contributed by atoms with van der Waals surface area (Å²) in [6.07, 6.45) is 1.79. The van der Waals surface area contributed by atoms with Gasteiger partial charge in [0.05, 0.1) is 19.0 Å². The number of H-pyrrole nitrogens is 1. The second-order valence-corrected chi connectivity index (χ2v) is 3.62. The highest BCUT2D eigenvalue weighted by molar-refractivity contribution is 5.63. The summed E-state index contributed by atoms with van der Waals surface area (Å²) in [4.78, 5) is 7.20. The molecule has 1 heterocycles. The summed E-state index contributed by atoms with van der Waals surface area (Å²) in [5.41, 5.74) is 4.66. The first-order valence-corrected chi connectivity index (χ1v) is 4.87. The molecule has 1 aromatic carbocycles. The van der Waals surface area contributed by atoms with Crippen molar-refractivity contribution in [2.45, 2.75) is 13.8 Å². The summed E-state index contributed by atoms with van der Waals surface area (Å²) in [6, 6.07) is 6.89. The van der Waals surface area contributed by atoms with Gasteiger partial charge in [0.15, 0.2) is 0 Å². The van der Waals surface area contributed by atoms with Crippen LogP contribution in [-0.2, 0) is 0 Å². The van der Waals surface area contributed by atoms with Crippen LogP contribution in [0.25, 0.3) is 11.3 Å². The molecule has 78 valence electrons. The Kier molecular flexibility index (Phi) is 2.46. The highest BCUT2D eigenvalue weighted by atomic mass is 16.5. The van der Waals surface area contributed by atoms with Crippen LogP contribution >= 0.6 is 0 Å². The molecule has 0 spiro atoms. The fraction of sp³-hybridized carbons (Fsp3) is 0.250. The molecule has 0 unspecified atom stereocenters. The molecule has 0 amide bonds. The number of imidazole rings is 1. The predicted molar refractivity (Wildman–Crippen MR) is 60.0 cm³/mol. The van der Waals surface area contributed by atoms with E-state index in [1.807, 2.05) is 0 Å². The van der Waals surface area contributed by atoms with Gasteiger partial charge in [-0.25, -0.2) is 4.98 Å². The van der Waals surface area contributed by atoms with Gasteiger partial charge in [-0.1, -0.05) is 23.8 Å². The van der Waals surface area contributed by atoms with Crippen LogP contribution in [0.3, 0.4) is 0 Å². The Morgan fingerprint density at radius 2 is 2.07 bits per heavy atom. The molecular weight excluding hydrogens is 188 g/mol. The number of hydrogen-bond donors (Lipinski definition) is 1. The Labute approximate surface area is 89.1 Å². The summed E-state index contributed by atoms with van der Waals surface area (Å²) in [5, 5.41) is 0. The molecule has 0 fully saturated rings. The Morgan fingerprint density at radius 3 is 2.67 bits per heavy atom. The molecule has 0 bridgehead atoms. The van der Waals surface area contributed by atoms with E-state index in [1.165, 1.54) is 11.1 Å². The van der Waals surface area contributed by atoms with Gasteiger partial charge >= 0.3 is 0 Å². The SMILES string of the molecule is COc1ncc(-c2ccc(C)cc2C)[nH]1. The van der Waals surface area contributed by atoms with Crippen molar-refractivity contribution < 1.29 is 4.74 Å². The van der Waals surface area contributed by atoms with Gasteiger partial charge in [0.25, 0.3) is 6.01 Å². The van der Waals surface area contributed by atoms with Crippen LogP contribution in [0.4, 0.5) is 0 Å². The second kappa shape index (κ2) is 3.77. The zero-order valence-corrected chi connectivity index (χ0v) is 9.16. The van der Waals surface area contributed by atoms with E-state index in [0.717, 1.165) is 11.3 Å². The van der Waals surface area contributed by atoms with Gasteiger partial charge in [-0.15, -0.1) is 0 Å². The first-order valence-electron chi connectivity index (χ1n) is 4.87. The lowest BCUT2D eigenvalue weighted by Crippen LogP contribution is -1.86. The van der Waals surface area contributed by atoms with Gasteiger partial charge in [0, 0.05) is 5.56 Å². The van der Waals surface area contributed by atoms with E-state index in [0.29, 0.717) is 6.01 Å². The molecule has 0 aliphatic heterocycles. The molecule has 15 heavy (non-hydrogen) atoms. The van der Waals surface area contributed by atoms with Crippen LogP contribution in [0.5, 0.6) is 6.01 Å². The van der Waals surface area contributed by atoms with E-state index in [1.54, 1.807) is 13.3 Å². The topological polar surface area (TPSA) is 37.9 Å². The number of nitrogens with one attached hydrogen (secondary N) is 1. The van der Waals surface area contributed by atoms with Gasteiger partial charge in [-0.05, 0) is 19.4 Å². The molecular formula is C12H14N2O. The molecule has 0 aliphatic carbocycles. The summed E-state index contributed by atoms with van der Waals surface area (Å²) in [7, 11) is 1.60. The summed E-state index contributed by atoms with van der Waals surface area (Å²) < 4.78 is 5.01. The molecule has 0 saturated carbocycles. The minimum atomic E-state index is 0.546. The summed E-state index contributed by atoms with van der Waals surface area (Å²) >= 11 is 0. The van der Waals surface area contributed by atoms with Gasteiger partial charge in [0.1, 0.15) is 0 Å². The lowest BCUT2D eigenvalue weighted by atomic mass is 10.0. The number of nitrogens with zero attached hydrogens (tertiary/aromatic N) is 1. The number of aryl methyl sites for hydroxylation is 2. The Hall–Kier alpha value is -1.77. The van der Waals surface area contributed by atoms with Gasteiger partial charge in [-0.2, -0.15) is 0 Å². The molecule has 0 atom stereocenters. The van der Waals surface area contributed by atoms with Gasteiger partial charge in [0.2, 0.25) is 0 Å². The molecule has 0 radical (unpaired) electrons. The first-order chi connectivity index (χ1) is 7.20. The van der Waals surface area contributed by atoms with E-state index < -0.39 is 0 Å². The molecule has 2 aromatic rings. The quantitative estimate of drug-likeness (QED) is 0.813. The van der Waals surface area contributed by atoms with Gasteiger partial charge < -0.3 is 9.72 Å². The zero-order valence-electron chi connectivity index (χ0n) is 9.16. The summed E-state index contributed by atoms with van der Waals surface area (Å²) in [5.74, 6) is 0. The maximum atomic E-state index is 5.01. The number of rotatable bonds is 2. The number of benzene rings is 1. The number of ether oxygens (including phenoxy) is 1. The Bertz CT molecular complexity index is 474. The normalized spacial score (nSPS) is 10.3. The van der Waals surface area contributed by atoms with Crippen LogP contribution in [0.2, 0.25) is 0 Å². The third-order valence-electron chi connectivity index (χ3n) is 2.42. The average Bonchev–Trinajstić information content (AvgIpc) is 2.66. The van der Waals surface area contributed by atoms with E-state index in [9.17, 15) is 0 Å². The van der Waals surface area contributed by atoms with Crippen molar-refractivity contribution in [2.24, 2.45) is 0 Å². The van der Waals surface area contributed by atoms with E-state index in [-0.39, 0.29) is 0 Å². The minimum Gasteiger partial charge on any atom is -0.468 e. The minimum absolute atomic E-state index is 0.546. The van der Waals surface area contributed by atoms with Crippen LogP contribution in [0.15, 0.2) is 24.4 Å². The van der Waals surface area contributed by atoms with Crippen LogP contribution in [0.1, 0.15) is 11.1 Å². The molecule has 0 aliphatic rings. The maximum absolute atomic E-state index is 5.01. The molecule has 1 aromatic heterocycles. The van der Waals surface area contributed by atoms with Crippen molar-refractivity contribution in [3.05, 3.63) is 35.5 Å². The van der Waals surface area contributed by atoms with Crippen molar-refractivity contribution in [1.82, 2.24) is 9.97 Å². The largest absolute Gasteiger partial charge is 0.468 e. The second-order valence-electron chi connectivity index (χ2n) is 3.62. The van der Waals surface area contributed by atoms with Crippen LogP contribution in [-0.4, -0.2) is 17.1 Å². The smallest absolute Gasteiger partial charge is 0.293 e. The van der Waals surface area contributed by atoms with E-state index in [4.69, 9.17) is 4.74 Å². The predicted octanol–water partition coefficient (Wildman–Crippen LogP) is 2.70. The van der Waals surface area contributed by atoms with Crippen molar-refractivity contribution >= 4 is 0 Å². The fourth-order valence-corrected chi connectivity index (χ4v) is 1.66. The maximum Gasteiger partial charge on any atom is 0.293 e. The lowest BCUT2D eigenvalue weighted by molar-refractivity contribution is 0.384. The third-order valence-corrected chi connectivity index (χ3v) is 2.42. The Morgan fingerprint density at radius 1 is 1.27 bits per heavy atom. The average molecular weight is 202 g/mol. The van der Waals surface area contributed by atoms with Crippen molar-refractivity contribution in [3.63, 3.8) is 0 Å². The monoisotopic (exact) mass is 202 g/mol. The van der Waals surface area contributed by atoms with Crippen LogP contribution in [0, 0.1) is 13.8 Å². The van der Waals surface area contributed by atoms with E-state index >= 15 is 0 Å². The lowest BCUT2D eigenvalue weighted by Gasteiger charge is -2.03. The van der Waals surface area contributed by atoms with E-state index in [2.05, 4.69) is 42.0 Å². The van der Waals surface area contributed by atoms with Crippen LogP contribution < -0.4 is 4.74 Å². The number of methoxy groups -OCH3 is 1. The molecule has 3 nitrogen and oxygen atoms in total. The number of aromatic nitrogens is 2.